The number of unbranched alkanes of at least 4 members (excludes halogenated alkanes) is 2. The molecule has 90 valence electrons. The van der Waals surface area contributed by atoms with Gasteiger partial charge in [-0.1, -0.05) is 30.4 Å². The topological polar surface area (TPSA) is 25.2 Å². The number of aromatic nitrogens is 1. The third-order valence-electron chi connectivity index (χ3n) is 2.97. The second kappa shape index (κ2) is 6.26. The Morgan fingerprint density at radius 2 is 1.94 bits per heavy atom. The Bertz CT molecular complexity index is 484. The van der Waals surface area contributed by atoms with Gasteiger partial charge in [-0.15, -0.1) is 0 Å². The van der Waals surface area contributed by atoms with E-state index in [2.05, 4.69) is 41.1 Å². The molecule has 17 heavy (non-hydrogen) atoms. The lowest BCUT2D eigenvalue weighted by molar-refractivity contribution is 0.342. The second-order valence-electron chi connectivity index (χ2n) is 4.22. The van der Waals surface area contributed by atoms with Crippen LogP contribution in [-0.4, -0.2) is 16.3 Å². The van der Waals surface area contributed by atoms with E-state index in [9.17, 15) is 0 Å². The average Bonchev–Trinajstić information content (AvgIpc) is 2.77. The van der Waals surface area contributed by atoms with Gasteiger partial charge in [0.25, 0.3) is 0 Å². The number of aliphatic hydroxyl groups is 1. The molecule has 1 N–H and O–H groups in total. The van der Waals surface area contributed by atoms with E-state index in [0.717, 1.165) is 13.0 Å². The maximum atomic E-state index is 8.60. The average molecular weight is 229 g/mol. The Balaban J connectivity index is 1.85. The molecule has 0 aliphatic carbocycles. The fourth-order valence-corrected chi connectivity index (χ4v) is 2.07. The molecule has 0 bridgehead atoms. The molecule has 2 heteroatoms. The van der Waals surface area contributed by atoms with Gasteiger partial charge in [-0.05, 0) is 36.8 Å². The SMILES string of the molecule is OC/C=C/CCCCn1ccc2ccccc21. The van der Waals surface area contributed by atoms with Crippen LogP contribution in [0.1, 0.15) is 19.3 Å². The molecule has 0 fully saturated rings. The van der Waals surface area contributed by atoms with Crippen LogP contribution in [0, 0.1) is 0 Å². The Kier molecular flexibility index (Phi) is 4.39. The van der Waals surface area contributed by atoms with Crippen molar-refractivity contribution in [3.8, 4) is 0 Å². The molecule has 0 spiro atoms. The zero-order chi connectivity index (χ0) is 11.9. The van der Waals surface area contributed by atoms with Crippen molar-refractivity contribution in [3.63, 3.8) is 0 Å². The van der Waals surface area contributed by atoms with Gasteiger partial charge in [-0.2, -0.15) is 0 Å². The summed E-state index contributed by atoms with van der Waals surface area (Å²) in [7, 11) is 0. The molecule has 2 nitrogen and oxygen atoms in total. The van der Waals surface area contributed by atoms with Crippen molar-refractivity contribution in [2.75, 3.05) is 6.61 Å². The van der Waals surface area contributed by atoms with E-state index in [-0.39, 0.29) is 6.61 Å². The fraction of sp³-hybridized carbons (Fsp3) is 0.333. The van der Waals surface area contributed by atoms with Gasteiger partial charge in [0.15, 0.2) is 0 Å². The van der Waals surface area contributed by atoms with Crippen molar-refractivity contribution < 1.29 is 5.11 Å². The highest BCUT2D eigenvalue weighted by Gasteiger charge is 1.98. The van der Waals surface area contributed by atoms with E-state index < -0.39 is 0 Å². The molecule has 0 aliphatic rings. The van der Waals surface area contributed by atoms with Crippen LogP contribution in [0.5, 0.6) is 0 Å². The number of hydrogen-bond donors (Lipinski definition) is 1. The summed E-state index contributed by atoms with van der Waals surface area (Å²) < 4.78 is 2.31. The Labute approximate surface area is 102 Å². The van der Waals surface area contributed by atoms with Crippen molar-refractivity contribution in [2.45, 2.75) is 25.8 Å². The fourth-order valence-electron chi connectivity index (χ4n) is 2.07. The summed E-state index contributed by atoms with van der Waals surface area (Å²) in [5.41, 5.74) is 1.32. The molecule has 1 heterocycles. The maximum absolute atomic E-state index is 8.60. The first-order valence-corrected chi connectivity index (χ1v) is 6.21. The molecule has 2 aromatic rings. The lowest BCUT2D eigenvalue weighted by atomic mass is 10.2. The largest absolute Gasteiger partial charge is 0.392 e. The number of hydrogen-bond acceptors (Lipinski definition) is 1. The van der Waals surface area contributed by atoms with Crippen molar-refractivity contribution in [1.29, 1.82) is 0 Å². The number of allylic oxidation sites excluding steroid dienone is 1. The molecule has 0 aliphatic heterocycles. The normalized spacial score (nSPS) is 11.6. The van der Waals surface area contributed by atoms with Crippen LogP contribution in [0.15, 0.2) is 48.7 Å². The highest BCUT2D eigenvalue weighted by Crippen LogP contribution is 2.15. The Morgan fingerprint density at radius 1 is 1.06 bits per heavy atom. The molecule has 0 atom stereocenters. The first kappa shape index (κ1) is 11.9. The molecule has 0 unspecified atom stereocenters. The van der Waals surface area contributed by atoms with Crippen LogP contribution < -0.4 is 0 Å². The Morgan fingerprint density at radius 3 is 2.82 bits per heavy atom. The van der Waals surface area contributed by atoms with E-state index in [0.29, 0.717) is 0 Å². The number of benzene rings is 1. The number of para-hydroxylation sites is 1. The maximum Gasteiger partial charge on any atom is 0.0612 e. The molecule has 0 saturated carbocycles. The highest BCUT2D eigenvalue weighted by molar-refractivity contribution is 5.79. The summed E-state index contributed by atoms with van der Waals surface area (Å²) in [6.45, 7) is 1.22. The van der Waals surface area contributed by atoms with Crippen LogP contribution in [0.2, 0.25) is 0 Å². The van der Waals surface area contributed by atoms with Gasteiger partial charge >= 0.3 is 0 Å². The standard InChI is InChI=1S/C15H19NO/c17-13-7-3-1-2-6-11-16-12-10-14-8-4-5-9-15(14)16/h3-5,7-10,12,17H,1-2,6,11,13H2/b7-3+. The van der Waals surface area contributed by atoms with E-state index in [1.54, 1.807) is 0 Å². The predicted octanol–water partition coefficient (Wildman–Crippen LogP) is 3.36. The lowest BCUT2D eigenvalue weighted by Gasteiger charge is -2.04. The van der Waals surface area contributed by atoms with Gasteiger partial charge in [0.05, 0.1) is 6.61 Å². The number of fused-ring (bicyclic) bond motifs is 1. The van der Waals surface area contributed by atoms with Crippen molar-refractivity contribution in [1.82, 2.24) is 4.57 Å². The van der Waals surface area contributed by atoms with Gasteiger partial charge in [-0.3, -0.25) is 0 Å². The van der Waals surface area contributed by atoms with Crippen LogP contribution in [-0.2, 0) is 6.54 Å². The summed E-state index contributed by atoms with van der Waals surface area (Å²) in [5, 5.41) is 9.91. The number of aliphatic hydroxyl groups excluding tert-OH is 1. The van der Waals surface area contributed by atoms with E-state index >= 15 is 0 Å². The van der Waals surface area contributed by atoms with Crippen molar-refractivity contribution in [2.24, 2.45) is 0 Å². The van der Waals surface area contributed by atoms with Gasteiger partial charge < -0.3 is 9.67 Å². The quantitative estimate of drug-likeness (QED) is 0.596. The van der Waals surface area contributed by atoms with E-state index in [1.165, 1.54) is 23.7 Å². The number of aryl methyl sites for hydroxylation is 1. The lowest BCUT2D eigenvalue weighted by Crippen LogP contribution is -1.95. The smallest absolute Gasteiger partial charge is 0.0612 e. The van der Waals surface area contributed by atoms with Gasteiger partial charge in [-0.25, -0.2) is 0 Å². The monoisotopic (exact) mass is 229 g/mol. The first-order valence-electron chi connectivity index (χ1n) is 6.21. The van der Waals surface area contributed by atoms with Crippen LogP contribution in [0.25, 0.3) is 10.9 Å². The number of nitrogens with zero attached hydrogens (tertiary/aromatic N) is 1. The zero-order valence-electron chi connectivity index (χ0n) is 10.0. The number of rotatable bonds is 6. The molecule has 1 aromatic heterocycles. The minimum absolute atomic E-state index is 0.155. The molecular weight excluding hydrogens is 210 g/mol. The van der Waals surface area contributed by atoms with Crippen molar-refractivity contribution in [3.05, 3.63) is 48.7 Å². The second-order valence-corrected chi connectivity index (χ2v) is 4.22. The molecule has 0 saturated heterocycles. The van der Waals surface area contributed by atoms with Crippen molar-refractivity contribution >= 4 is 10.9 Å². The van der Waals surface area contributed by atoms with Gasteiger partial charge in [0.1, 0.15) is 0 Å². The summed E-state index contributed by atoms with van der Waals surface area (Å²) in [4.78, 5) is 0. The van der Waals surface area contributed by atoms with E-state index in [1.807, 2.05) is 12.2 Å². The molecule has 0 radical (unpaired) electrons. The minimum atomic E-state index is 0.155. The molecule has 2 rings (SSSR count). The summed E-state index contributed by atoms with van der Waals surface area (Å²) in [6, 6.07) is 10.6. The predicted molar refractivity (Wildman–Crippen MR) is 72.0 cm³/mol. The highest BCUT2D eigenvalue weighted by atomic mass is 16.2. The molecule has 0 amide bonds. The zero-order valence-corrected chi connectivity index (χ0v) is 10.0. The minimum Gasteiger partial charge on any atom is -0.392 e. The van der Waals surface area contributed by atoms with Gasteiger partial charge in [0, 0.05) is 18.3 Å². The third kappa shape index (κ3) is 3.21. The molecule has 1 aromatic carbocycles. The van der Waals surface area contributed by atoms with Crippen LogP contribution >= 0.6 is 0 Å². The van der Waals surface area contributed by atoms with Crippen LogP contribution in [0.3, 0.4) is 0 Å². The third-order valence-corrected chi connectivity index (χ3v) is 2.97. The summed E-state index contributed by atoms with van der Waals surface area (Å²) >= 11 is 0. The Hall–Kier alpha value is -1.54. The summed E-state index contributed by atoms with van der Waals surface area (Å²) in [6.07, 6.45) is 9.42. The van der Waals surface area contributed by atoms with E-state index in [4.69, 9.17) is 5.11 Å². The first-order chi connectivity index (χ1) is 8.42. The van der Waals surface area contributed by atoms with Crippen LogP contribution in [0.4, 0.5) is 0 Å². The summed E-state index contributed by atoms with van der Waals surface area (Å²) in [5.74, 6) is 0. The molecular formula is C15H19NO. The van der Waals surface area contributed by atoms with Gasteiger partial charge in [0.2, 0.25) is 0 Å².